The van der Waals surface area contributed by atoms with E-state index < -0.39 is 0 Å². The van der Waals surface area contributed by atoms with Crippen molar-refractivity contribution in [3.63, 3.8) is 0 Å². The van der Waals surface area contributed by atoms with Crippen molar-refractivity contribution < 1.29 is 9.59 Å². The second kappa shape index (κ2) is 7.28. The Morgan fingerprint density at radius 3 is 2.56 bits per heavy atom. The smallest absolute Gasteiger partial charge is 0.255 e. The third-order valence-electron chi connectivity index (χ3n) is 5.33. The number of nitrogens with zero attached hydrogens (tertiary/aromatic N) is 1. The molecule has 0 aliphatic carbocycles. The molecule has 0 fully saturated rings. The van der Waals surface area contributed by atoms with Crippen molar-refractivity contribution in [1.29, 1.82) is 0 Å². The van der Waals surface area contributed by atoms with Crippen molar-refractivity contribution in [2.75, 3.05) is 18.9 Å². The second-order valence-corrected chi connectivity index (χ2v) is 8.16. The van der Waals surface area contributed by atoms with Gasteiger partial charge in [-0.3, -0.25) is 9.59 Å². The van der Waals surface area contributed by atoms with Gasteiger partial charge in [-0.1, -0.05) is 32.9 Å². The summed E-state index contributed by atoms with van der Waals surface area (Å²) in [5.74, 6) is -0.205. The van der Waals surface area contributed by atoms with E-state index >= 15 is 0 Å². The number of aryl methyl sites for hydroxylation is 1. The van der Waals surface area contributed by atoms with Gasteiger partial charge in [-0.05, 0) is 61.3 Å². The van der Waals surface area contributed by atoms with Crippen LogP contribution in [0.25, 0.3) is 0 Å². The first-order valence-electron chi connectivity index (χ1n) is 9.48. The highest BCUT2D eigenvalue weighted by Gasteiger charge is 2.30. The molecule has 2 aromatic carbocycles. The lowest BCUT2D eigenvalue weighted by atomic mass is 9.78. The Morgan fingerprint density at radius 1 is 1.15 bits per heavy atom. The summed E-state index contributed by atoms with van der Waals surface area (Å²) in [6, 6.07) is 11.5. The molecule has 142 valence electrons. The standard InChI is InChI=1S/C23H28N2O2/c1-6-16-7-8-17(12-20(16)15(2)26)22(27)24-19-9-10-21-18(11-19)13-25(5)14-23(21,3)4/h7-12H,6,13-14H2,1-5H3,(H,24,27). The third kappa shape index (κ3) is 3.96. The van der Waals surface area contributed by atoms with Crippen molar-refractivity contribution in [2.24, 2.45) is 0 Å². The fraction of sp³-hybridized carbons (Fsp3) is 0.391. The monoisotopic (exact) mass is 364 g/mol. The van der Waals surface area contributed by atoms with E-state index in [9.17, 15) is 9.59 Å². The number of Topliss-reactive ketones (excluding diaryl/α,β-unsaturated/α-hetero) is 1. The van der Waals surface area contributed by atoms with Crippen molar-refractivity contribution >= 4 is 17.4 Å². The summed E-state index contributed by atoms with van der Waals surface area (Å²) >= 11 is 0. The minimum atomic E-state index is -0.191. The van der Waals surface area contributed by atoms with Gasteiger partial charge in [-0.25, -0.2) is 0 Å². The largest absolute Gasteiger partial charge is 0.322 e. The van der Waals surface area contributed by atoms with Gasteiger partial charge in [0.05, 0.1) is 0 Å². The summed E-state index contributed by atoms with van der Waals surface area (Å²) in [5.41, 5.74) is 5.57. The first kappa shape index (κ1) is 19.3. The molecule has 0 atom stereocenters. The predicted octanol–water partition coefficient (Wildman–Crippen LogP) is 4.43. The van der Waals surface area contributed by atoms with Gasteiger partial charge in [0, 0.05) is 35.3 Å². The lowest BCUT2D eigenvalue weighted by Gasteiger charge is -2.38. The minimum Gasteiger partial charge on any atom is -0.322 e. The normalized spacial score (nSPS) is 15.9. The number of nitrogens with one attached hydrogen (secondary N) is 1. The molecule has 27 heavy (non-hydrogen) atoms. The first-order chi connectivity index (χ1) is 12.7. The van der Waals surface area contributed by atoms with E-state index in [1.54, 1.807) is 12.1 Å². The average molecular weight is 364 g/mol. The Kier molecular flexibility index (Phi) is 5.20. The summed E-state index contributed by atoms with van der Waals surface area (Å²) in [6.07, 6.45) is 0.769. The molecule has 0 saturated heterocycles. The second-order valence-electron chi connectivity index (χ2n) is 8.16. The number of hydrogen-bond donors (Lipinski definition) is 1. The van der Waals surface area contributed by atoms with Crippen LogP contribution in [0.5, 0.6) is 0 Å². The summed E-state index contributed by atoms with van der Waals surface area (Å²) < 4.78 is 0. The van der Waals surface area contributed by atoms with Gasteiger partial charge >= 0.3 is 0 Å². The topological polar surface area (TPSA) is 49.4 Å². The number of anilines is 1. The first-order valence-corrected chi connectivity index (χ1v) is 9.48. The molecule has 1 N–H and O–H groups in total. The Labute approximate surface area is 161 Å². The van der Waals surface area contributed by atoms with Crippen molar-refractivity contribution in [3.05, 3.63) is 64.2 Å². The van der Waals surface area contributed by atoms with Crippen molar-refractivity contribution in [1.82, 2.24) is 4.90 Å². The van der Waals surface area contributed by atoms with Crippen LogP contribution in [0.1, 0.15) is 65.1 Å². The van der Waals surface area contributed by atoms with E-state index in [-0.39, 0.29) is 17.1 Å². The molecule has 1 heterocycles. The van der Waals surface area contributed by atoms with Crippen LogP contribution >= 0.6 is 0 Å². The Balaban J connectivity index is 1.86. The Bertz CT molecular complexity index is 899. The van der Waals surface area contributed by atoms with Crippen LogP contribution in [0, 0.1) is 0 Å². The lowest BCUT2D eigenvalue weighted by Crippen LogP contribution is -2.39. The zero-order chi connectivity index (χ0) is 19.8. The van der Waals surface area contributed by atoms with E-state index in [0.29, 0.717) is 11.1 Å². The summed E-state index contributed by atoms with van der Waals surface area (Å²) in [6.45, 7) is 9.94. The van der Waals surface area contributed by atoms with Crippen LogP contribution in [0.2, 0.25) is 0 Å². The molecule has 0 spiro atoms. The number of likely N-dealkylation sites (N-methyl/N-ethyl adjacent to an activating group) is 1. The van der Waals surface area contributed by atoms with Gasteiger partial charge in [0.15, 0.2) is 5.78 Å². The molecule has 1 amide bonds. The molecular formula is C23H28N2O2. The van der Waals surface area contributed by atoms with Gasteiger partial charge in [-0.2, -0.15) is 0 Å². The lowest BCUT2D eigenvalue weighted by molar-refractivity contribution is 0.101. The zero-order valence-electron chi connectivity index (χ0n) is 16.8. The van der Waals surface area contributed by atoms with E-state index in [2.05, 4.69) is 43.2 Å². The number of fused-ring (bicyclic) bond motifs is 1. The zero-order valence-corrected chi connectivity index (χ0v) is 16.8. The Morgan fingerprint density at radius 2 is 1.89 bits per heavy atom. The number of rotatable bonds is 4. The molecule has 3 rings (SSSR count). The SMILES string of the molecule is CCc1ccc(C(=O)Nc2ccc3c(c2)CN(C)CC3(C)C)cc1C(C)=O. The highest BCUT2D eigenvalue weighted by Crippen LogP contribution is 2.34. The van der Waals surface area contributed by atoms with Crippen LogP contribution < -0.4 is 5.32 Å². The molecule has 4 heteroatoms. The van der Waals surface area contributed by atoms with Gasteiger partial charge < -0.3 is 10.2 Å². The highest BCUT2D eigenvalue weighted by molar-refractivity contribution is 6.06. The number of hydrogen-bond acceptors (Lipinski definition) is 3. The van der Waals surface area contributed by atoms with Gasteiger partial charge in [0.25, 0.3) is 5.91 Å². The summed E-state index contributed by atoms with van der Waals surface area (Å²) in [7, 11) is 2.12. The van der Waals surface area contributed by atoms with Gasteiger partial charge in [-0.15, -0.1) is 0 Å². The van der Waals surface area contributed by atoms with Gasteiger partial charge in [0.2, 0.25) is 0 Å². The van der Waals surface area contributed by atoms with Crippen LogP contribution in [-0.4, -0.2) is 30.2 Å². The van der Waals surface area contributed by atoms with Crippen LogP contribution in [-0.2, 0) is 18.4 Å². The minimum absolute atomic E-state index is 0.0134. The third-order valence-corrected chi connectivity index (χ3v) is 5.33. The predicted molar refractivity (Wildman–Crippen MR) is 110 cm³/mol. The number of benzene rings is 2. The number of ketones is 1. The molecule has 0 bridgehead atoms. The fourth-order valence-corrected chi connectivity index (χ4v) is 4.13. The quantitative estimate of drug-likeness (QED) is 0.817. The number of carbonyl (C=O) groups excluding carboxylic acids is 2. The van der Waals surface area contributed by atoms with E-state index in [4.69, 9.17) is 0 Å². The van der Waals surface area contributed by atoms with Crippen LogP contribution in [0.15, 0.2) is 36.4 Å². The highest BCUT2D eigenvalue weighted by atomic mass is 16.1. The molecule has 1 aliphatic rings. The molecule has 0 saturated carbocycles. The molecule has 4 nitrogen and oxygen atoms in total. The Hall–Kier alpha value is -2.46. The molecule has 0 aromatic heterocycles. The van der Waals surface area contributed by atoms with E-state index in [0.717, 1.165) is 30.8 Å². The summed E-state index contributed by atoms with van der Waals surface area (Å²) in [4.78, 5) is 26.9. The maximum Gasteiger partial charge on any atom is 0.255 e. The molecule has 0 radical (unpaired) electrons. The molecule has 0 unspecified atom stereocenters. The molecule has 2 aromatic rings. The van der Waals surface area contributed by atoms with Crippen LogP contribution in [0.4, 0.5) is 5.69 Å². The van der Waals surface area contributed by atoms with E-state index in [1.165, 1.54) is 18.1 Å². The molecular weight excluding hydrogens is 336 g/mol. The fourth-order valence-electron chi connectivity index (χ4n) is 4.13. The number of carbonyl (C=O) groups is 2. The van der Waals surface area contributed by atoms with Crippen LogP contribution in [0.3, 0.4) is 0 Å². The average Bonchev–Trinajstić information content (AvgIpc) is 2.59. The maximum absolute atomic E-state index is 12.7. The van der Waals surface area contributed by atoms with Crippen molar-refractivity contribution in [3.8, 4) is 0 Å². The number of amides is 1. The maximum atomic E-state index is 12.7. The van der Waals surface area contributed by atoms with Gasteiger partial charge in [0.1, 0.15) is 0 Å². The van der Waals surface area contributed by atoms with Crippen molar-refractivity contribution in [2.45, 2.75) is 46.1 Å². The summed E-state index contributed by atoms with van der Waals surface area (Å²) in [5, 5.41) is 2.99. The molecule has 1 aliphatic heterocycles. The van der Waals surface area contributed by atoms with E-state index in [1.807, 2.05) is 19.1 Å².